The lowest BCUT2D eigenvalue weighted by Crippen LogP contribution is -2.46. The Balaban J connectivity index is 1.98. The molecule has 1 saturated carbocycles. The smallest absolute Gasteiger partial charge is 0.243 e. The van der Waals surface area contributed by atoms with Gasteiger partial charge in [-0.3, -0.25) is 4.79 Å². The summed E-state index contributed by atoms with van der Waals surface area (Å²) in [7, 11) is -2.19. The molecular weight excluding hydrogens is 312 g/mol. The minimum atomic E-state index is -3.63. The quantitative estimate of drug-likeness (QED) is 0.896. The molecular formula is C17H26N2O3S. The molecule has 0 heterocycles. The second kappa shape index (κ2) is 7.45. The molecule has 1 N–H and O–H groups in total. The topological polar surface area (TPSA) is 66.5 Å². The van der Waals surface area contributed by atoms with E-state index < -0.39 is 10.0 Å². The Bertz CT molecular complexity index is 640. The maximum Gasteiger partial charge on any atom is 0.243 e. The molecule has 1 aliphatic rings. The summed E-state index contributed by atoms with van der Waals surface area (Å²) >= 11 is 0. The molecule has 1 aromatic carbocycles. The van der Waals surface area contributed by atoms with Gasteiger partial charge in [-0.15, -0.1) is 0 Å². The van der Waals surface area contributed by atoms with Gasteiger partial charge in [0.2, 0.25) is 15.9 Å². The third kappa shape index (κ3) is 4.54. The molecule has 6 heteroatoms. The van der Waals surface area contributed by atoms with E-state index >= 15 is 0 Å². The first-order chi connectivity index (χ1) is 10.8. The van der Waals surface area contributed by atoms with E-state index in [0.29, 0.717) is 5.92 Å². The van der Waals surface area contributed by atoms with Gasteiger partial charge in [-0.25, -0.2) is 8.42 Å². The molecule has 2 unspecified atom stereocenters. The van der Waals surface area contributed by atoms with Crippen LogP contribution in [-0.4, -0.2) is 38.3 Å². The van der Waals surface area contributed by atoms with Crippen LogP contribution in [0.25, 0.3) is 0 Å². The van der Waals surface area contributed by atoms with E-state index in [1.54, 1.807) is 24.3 Å². The fraction of sp³-hybridized carbons (Fsp3) is 0.588. The van der Waals surface area contributed by atoms with E-state index in [1.807, 2.05) is 6.92 Å². The SMILES string of the molecule is Cc1ccc(S(=O)(=O)N(C)CC(=O)NC2CCCCC2C)cc1. The first-order valence-corrected chi connectivity index (χ1v) is 9.57. The van der Waals surface area contributed by atoms with Crippen LogP contribution < -0.4 is 5.32 Å². The molecule has 1 aliphatic carbocycles. The van der Waals surface area contributed by atoms with Crippen LogP contribution in [0.2, 0.25) is 0 Å². The highest BCUT2D eigenvalue weighted by molar-refractivity contribution is 7.89. The number of rotatable bonds is 5. The van der Waals surface area contributed by atoms with Crippen molar-refractivity contribution in [3.05, 3.63) is 29.8 Å². The number of benzene rings is 1. The monoisotopic (exact) mass is 338 g/mol. The van der Waals surface area contributed by atoms with E-state index in [-0.39, 0.29) is 23.4 Å². The van der Waals surface area contributed by atoms with Gasteiger partial charge >= 0.3 is 0 Å². The van der Waals surface area contributed by atoms with Crippen molar-refractivity contribution in [3.63, 3.8) is 0 Å². The number of hydrogen-bond acceptors (Lipinski definition) is 3. The Morgan fingerprint density at radius 2 is 1.83 bits per heavy atom. The van der Waals surface area contributed by atoms with Crippen LogP contribution in [0.5, 0.6) is 0 Å². The molecule has 2 atom stereocenters. The Morgan fingerprint density at radius 3 is 2.43 bits per heavy atom. The lowest BCUT2D eigenvalue weighted by Gasteiger charge is -2.30. The van der Waals surface area contributed by atoms with Crippen molar-refractivity contribution in [1.82, 2.24) is 9.62 Å². The van der Waals surface area contributed by atoms with E-state index in [2.05, 4.69) is 12.2 Å². The predicted molar refractivity (Wildman–Crippen MR) is 90.6 cm³/mol. The fourth-order valence-corrected chi connectivity index (χ4v) is 4.09. The van der Waals surface area contributed by atoms with Crippen molar-refractivity contribution >= 4 is 15.9 Å². The average molecular weight is 338 g/mol. The second-order valence-electron chi connectivity index (χ2n) is 6.51. The normalized spacial score (nSPS) is 22.1. The first kappa shape index (κ1) is 17.9. The van der Waals surface area contributed by atoms with E-state index in [9.17, 15) is 13.2 Å². The minimum absolute atomic E-state index is 0.153. The predicted octanol–water partition coefficient (Wildman–Crippen LogP) is 2.31. The number of nitrogens with zero attached hydrogens (tertiary/aromatic N) is 1. The highest BCUT2D eigenvalue weighted by atomic mass is 32.2. The summed E-state index contributed by atoms with van der Waals surface area (Å²) in [6, 6.07) is 6.81. The largest absolute Gasteiger partial charge is 0.352 e. The summed E-state index contributed by atoms with van der Waals surface area (Å²) in [4.78, 5) is 12.4. The highest BCUT2D eigenvalue weighted by Crippen LogP contribution is 2.23. The Labute approximate surface area is 139 Å². The molecule has 0 bridgehead atoms. The van der Waals surface area contributed by atoms with Crippen molar-refractivity contribution in [1.29, 1.82) is 0 Å². The maximum absolute atomic E-state index is 12.5. The van der Waals surface area contributed by atoms with Gasteiger partial charge in [0.05, 0.1) is 11.4 Å². The van der Waals surface area contributed by atoms with Crippen LogP contribution >= 0.6 is 0 Å². The first-order valence-electron chi connectivity index (χ1n) is 8.13. The summed E-state index contributed by atoms with van der Waals surface area (Å²) in [6.07, 6.45) is 4.41. The molecule has 0 aromatic heterocycles. The van der Waals surface area contributed by atoms with Gasteiger partial charge < -0.3 is 5.32 Å². The fourth-order valence-electron chi connectivity index (χ4n) is 2.96. The second-order valence-corrected chi connectivity index (χ2v) is 8.55. The number of hydrogen-bond donors (Lipinski definition) is 1. The van der Waals surface area contributed by atoms with Crippen molar-refractivity contribution < 1.29 is 13.2 Å². The van der Waals surface area contributed by atoms with Crippen molar-refractivity contribution in [2.45, 2.75) is 50.5 Å². The van der Waals surface area contributed by atoms with Crippen LogP contribution in [0.15, 0.2) is 29.2 Å². The number of carbonyl (C=O) groups excluding carboxylic acids is 1. The highest BCUT2D eigenvalue weighted by Gasteiger charge is 2.26. The summed E-state index contributed by atoms with van der Waals surface area (Å²) in [5, 5.41) is 2.99. The number of nitrogens with one attached hydrogen (secondary N) is 1. The lowest BCUT2D eigenvalue weighted by atomic mass is 9.86. The van der Waals surface area contributed by atoms with E-state index in [1.165, 1.54) is 13.5 Å². The number of carbonyl (C=O) groups is 1. The summed E-state index contributed by atoms with van der Waals surface area (Å²) in [5.74, 6) is 0.216. The number of sulfonamides is 1. The van der Waals surface area contributed by atoms with Gasteiger partial charge in [-0.2, -0.15) is 4.31 Å². The van der Waals surface area contributed by atoms with E-state index in [4.69, 9.17) is 0 Å². The van der Waals surface area contributed by atoms with Gasteiger partial charge in [0.1, 0.15) is 0 Å². The van der Waals surface area contributed by atoms with Crippen LogP contribution in [-0.2, 0) is 14.8 Å². The molecule has 23 heavy (non-hydrogen) atoms. The van der Waals surface area contributed by atoms with Gasteiger partial charge in [0.15, 0.2) is 0 Å². The van der Waals surface area contributed by atoms with E-state index in [0.717, 1.165) is 29.1 Å². The van der Waals surface area contributed by atoms with Crippen LogP contribution in [0.3, 0.4) is 0 Å². The minimum Gasteiger partial charge on any atom is -0.352 e. The van der Waals surface area contributed by atoms with Gasteiger partial charge in [-0.1, -0.05) is 37.5 Å². The Kier molecular flexibility index (Phi) is 5.81. The zero-order valence-electron chi connectivity index (χ0n) is 14.1. The van der Waals surface area contributed by atoms with Crippen molar-refractivity contribution in [3.8, 4) is 0 Å². The molecule has 1 fully saturated rings. The van der Waals surface area contributed by atoms with Crippen LogP contribution in [0.1, 0.15) is 38.2 Å². The molecule has 5 nitrogen and oxygen atoms in total. The zero-order chi connectivity index (χ0) is 17.0. The van der Waals surface area contributed by atoms with Crippen LogP contribution in [0.4, 0.5) is 0 Å². The molecule has 2 rings (SSSR count). The molecule has 1 aromatic rings. The van der Waals surface area contributed by atoms with Crippen molar-refractivity contribution in [2.75, 3.05) is 13.6 Å². The van der Waals surface area contributed by atoms with Gasteiger partial charge in [-0.05, 0) is 37.8 Å². The van der Waals surface area contributed by atoms with Crippen molar-refractivity contribution in [2.24, 2.45) is 5.92 Å². The zero-order valence-corrected chi connectivity index (χ0v) is 14.9. The number of amides is 1. The molecule has 0 saturated heterocycles. The number of likely N-dealkylation sites (N-methyl/N-ethyl adjacent to an activating group) is 1. The summed E-state index contributed by atoms with van der Waals surface area (Å²) in [5.41, 5.74) is 0.996. The standard InChI is InChI=1S/C17H26N2O3S/c1-13-8-10-15(11-9-13)23(21,22)19(3)12-17(20)18-16-7-5-4-6-14(16)2/h8-11,14,16H,4-7,12H2,1-3H3,(H,18,20). The third-order valence-electron chi connectivity index (χ3n) is 4.55. The Morgan fingerprint density at radius 1 is 1.22 bits per heavy atom. The molecule has 0 spiro atoms. The maximum atomic E-state index is 12.5. The molecule has 0 radical (unpaired) electrons. The Hall–Kier alpha value is -1.40. The molecule has 128 valence electrons. The average Bonchev–Trinajstić information content (AvgIpc) is 2.50. The lowest BCUT2D eigenvalue weighted by molar-refractivity contribution is -0.122. The summed E-state index contributed by atoms with van der Waals surface area (Å²) in [6.45, 7) is 3.88. The molecule has 0 aliphatic heterocycles. The van der Waals surface area contributed by atoms with Crippen LogP contribution in [0, 0.1) is 12.8 Å². The van der Waals surface area contributed by atoms with Gasteiger partial charge in [0.25, 0.3) is 0 Å². The number of aryl methyl sites for hydroxylation is 1. The van der Waals surface area contributed by atoms with Gasteiger partial charge in [0, 0.05) is 13.1 Å². The molecule has 1 amide bonds. The summed E-state index contributed by atoms with van der Waals surface area (Å²) < 4.78 is 26.1. The third-order valence-corrected chi connectivity index (χ3v) is 6.37.